The molecular formula is C38H43NO5. The number of benzene rings is 3. The summed E-state index contributed by atoms with van der Waals surface area (Å²) in [6.07, 6.45) is 7.12. The number of carboxylic acid groups (broad SMARTS) is 2. The van der Waals surface area contributed by atoms with Gasteiger partial charge in [0.2, 0.25) is 0 Å². The Morgan fingerprint density at radius 1 is 0.727 bits per heavy atom. The SMILES string of the molecule is CC(C)(C)c1ccc(C(=O)CCCN2CCC(=C3c4ccccc4CCc4ccccc43)CC2)cc1.O=C(O)C=CC(=O)O. The van der Waals surface area contributed by atoms with Crippen molar-refractivity contribution in [3.8, 4) is 0 Å². The van der Waals surface area contributed by atoms with E-state index < -0.39 is 11.9 Å². The molecule has 1 heterocycles. The number of carbonyl (C=O) groups excluding carboxylic acids is 1. The van der Waals surface area contributed by atoms with Crippen molar-refractivity contribution >= 4 is 23.3 Å². The van der Waals surface area contributed by atoms with E-state index in [0.29, 0.717) is 18.6 Å². The summed E-state index contributed by atoms with van der Waals surface area (Å²) < 4.78 is 0. The monoisotopic (exact) mass is 593 g/mol. The van der Waals surface area contributed by atoms with Gasteiger partial charge in [-0.3, -0.25) is 4.79 Å². The number of ketones is 1. The first-order valence-corrected chi connectivity index (χ1v) is 15.4. The predicted octanol–water partition coefficient (Wildman–Crippen LogP) is 7.36. The van der Waals surface area contributed by atoms with Crippen LogP contribution in [0.25, 0.3) is 5.57 Å². The molecule has 6 heteroatoms. The second-order valence-electron chi connectivity index (χ2n) is 12.5. The molecule has 1 aliphatic carbocycles. The third kappa shape index (κ3) is 8.87. The van der Waals surface area contributed by atoms with E-state index in [9.17, 15) is 14.4 Å². The van der Waals surface area contributed by atoms with Crippen molar-refractivity contribution in [2.75, 3.05) is 19.6 Å². The van der Waals surface area contributed by atoms with Crippen molar-refractivity contribution in [1.29, 1.82) is 0 Å². The lowest BCUT2D eigenvalue weighted by atomic mass is 9.86. The Bertz CT molecular complexity index is 1470. The summed E-state index contributed by atoms with van der Waals surface area (Å²) in [5, 5.41) is 15.6. The Kier molecular flexibility index (Phi) is 11.1. The first-order chi connectivity index (χ1) is 21.0. The molecule has 0 unspecified atom stereocenters. The number of likely N-dealkylation sites (tertiary alicyclic amines) is 1. The van der Waals surface area contributed by atoms with Gasteiger partial charge in [-0.15, -0.1) is 0 Å². The molecule has 0 amide bonds. The fourth-order valence-corrected chi connectivity index (χ4v) is 5.96. The Hall–Kier alpha value is -4.29. The molecule has 0 saturated carbocycles. The van der Waals surface area contributed by atoms with E-state index in [1.165, 1.54) is 33.4 Å². The van der Waals surface area contributed by atoms with Gasteiger partial charge < -0.3 is 15.1 Å². The van der Waals surface area contributed by atoms with Crippen LogP contribution in [0.4, 0.5) is 0 Å². The van der Waals surface area contributed by atoms with Crippen LogP contribution in [-0.4, -0.2) is 52.5 Å². The minimum absolute atomic E-state index is 0.116. The lowest BCUT2D eigenvalue weighted by Crippen LogP contribution is -2.32. The maximum Gasteiger partial charge on any atom is 0.328 e. The van der Waals surface area contributed by atoms with Crippen LogP contribution in [0.3, 0.4) is 0 Å². The molecule has 2 aliphatic rings. The summed E-state index contributed by atoms with van der Waals surface area (Å²) in [7, 11) is 0. The number of hydrogen-bond donors (Lipinski definition) is 2. The van der Waals surface area contributed by atoms with Gasteiger partial charge in [0.05, 0.1) is 0 Å². The average molecular weight is 594 g/mol. The molecule has 44 heavy (non-hydrogen) atoms. The lowest BCUT2D eigenvalue weighted by molar-refractivity contribution is -0.134. The largest absolute Gasteiger partial charge is 0.478 e. The van der Waals surface area contributed by atoms with Crippen LogP contribution >= 0.6 is 0 Å². The molecule has 5 rings (SSSR count). The summed E-state index contributed by atoms with van der Waals surface area (Å²) in [6, 6.07) is 26.2. The van der Waals surface area contributed by atoms with E-state index in [0.717, 1.165) is 57.3 Å². The number of Topliss-reactive ketones (excluding diaryl/α,β-unsaturated/α-hetero) is 1. The third-order valence-corrected chi connectivity index (χ3v) is 8.37. The highest BCUT2D eigenvalue weighted by Crippen LogP contribution is 2.38. The number of carboxylic acids is 2. The maximum absolute atomic E-state index is 12.7. The summed E-state index contributed by atoms with van der Waals surface area (Å²) in [4.78, 5) is 34.4. The summed E-state index contributed by atoms with van der Waals surface area (Å²) >= 11 is 0. The minimum atomic E-state index is -1.26. The van der Waals surface area contributed by atoms with Gasteiger partial charge in [-0.1, -0.05) is 99.1 Å². The number of piperidine rings is 1. The number of aryl methyl sites for hydroxylation is 2. The molecule has 0 aromatic heterocycles. The van der Waals surface area contributed by atoms with Gasteiger partial charge in [0.15, 0.2) is 5.78 Å². The van der Waals surface area contributed by atoms with Crippen molar-refractivity contribution in [1.82, 2.24) is 4.90 Å². The Morgan fingerprint density at radius 2 is 1.23 bits per heavy atom. The van der Waals surface area contributed by atoms with Crippen LogP contribution in [-0.2, 0) is 27.8 Å². The molecular weight excluding hydrogens is 550 g/mol. The van der Waals surface area contributed by atoms with Crippen molar-refractivity contribution in [3.63, 3.8) is 0 Å². The van der Waals surface area contributed by atoms with Gasteiger partial charge in [-0.25, -0.2) is 9.59 Å². The van der Waals surface area contributed by atoms with Crippen molar-refractivity contribution in [2.24, 2.45) is 0 Å². The van der Waals surface area contributed by atoms with E-state index in [1.807, 2.05) is 12.1 Å². The predicted molar refractivity (Wildman–Crippen MR) is 175 cm³/mol. The quantitative estimate of drug-likeness (QED) is 0.220. The molecule has 0 bridgehead atoms. The zero-order valence-electron chi connectivity index (χ0n) is 26.0. The van der Waals surface area contributed by atoms with E-state index in [1.54, 1.807) is 5.57 Å². The zero-order valence-corrected chi connectivity index (χ0v) is 26.0. The molecule has 6 nitrogen and oxygen atoms in total. The fraction of sp³-hybridized carbons (Fsp3) is 0.342. The van der Waals surface area contributed by atoms with Gasteiger partial charge in [-0.05, 0) is 77.5 Å². The van der Waals surface area contributed by atoms with E-state index in [2.05, 4.69) is 86.3 Å². The number of nitrogens with zero attached hydrogens (tertiary/aromatic N) is 1. The van der Waals surface area contributed by atoms with E-state index in [-0.39, 0.29) is 11.2 Å². The van der Waals surface area contributed by atoms with Gasteiger partial charge in [0.25, 0.3) is 0 Å². The Balaban J connectivity index is 0.000000488. The number of hydrogen-bond acceptors (Lipinski definition) is 4. The fourth-order valence-electron chi connectivity index (χ4n) is 5.96. The smallest absolute Gasteiger partial charge is 0.328 e. The number of aliphatic carboxylic acids is 2. The van der Waals surface area contributed by atoms with Gasteiger partial charge in [-0.2, -0.15) is 0 Å². The van der Waals surface area contributed by atoms with Crippen molar-refractivity contribution in [3.05, 3.63) is 124 Å². The highest BCUT2D eigenvalue weighted by Gasteiger charge is 2.24. The van der Waals surface area contributed by atoms with Crippen molar-refractivity contribution < 1.29 is 24.6 Å². The highest BCUT2D eigenvalue weighted by molar-refractivity contribution is 5.96. The number of rotatable bonds is 7. The molecule has 0 atom stereocenters. The standard InChI is InChI=1S/C34H39NO.C4H4O4/c1-34(2,3)29-18-16-27(17-19-29)32(36)13-8-22-35-23-20-28(21-24-35)33-30-11-6-4-9-25(30)14-15-26-10-5-7-12-31(26)33;5-3(6)1-2-4(7)8/h4-7,9-12,16-19H,8,13-15,20-24H2,1-3H3;1-2H,(H,5,6)(H,7,8). The maximum atomic E-state index is 12.7. The van der Waals surface area contributed by atoms with E-state index in [4.69, 9.17) is 10.2 Å². The summed E-state index contributed by atoms with van der Waals surface area (Å²) in [6.45, 7) is 9.78. The van der Waals surface area contributed by atoms with Crippen LogP contribution in [0.2, 0.25) is 0 Å². The van der Waals surface area contributed by atoms with Gasteiger partial charge >= 0.3 is 11.9 Å². The van der Waals surface area contributed by atoms with Crippen molar-refractivity contribution in [2.45, 2.75) is 64.7 Å². The van der Waals surface area contributed by atoms with Gasteiger partial charge in [0.1, 0.15) is 0 Å². The third-order valence-electron chi connectivity index (χ3n) is 8.37. The molecule has 1 aliphatic heterocycles. The molecule has 0 spiro atoms. The summed E-state index contributed by atoms with van der Waals surface area (Å²) in [5.74, 6) is -2.25. The first-order valence-electron chi connectivity index (χ1n) is 15.4. The molecule has 0 radical (unpaired) electrons. The van der Waals surface area contributed by atoms with Crippen LogP contribution in [0.1, 0.15) is 84.6 Å². The molecule has 230 valence electrons. The molecule has 3 aromatic rings. The normalized spacial score (nSPS) is 15.1. The Labute approximate surface area is 260 Å². The first kappa shape index (κ1) is 32.6. The lowest BCUT2D eigenvalue weighted by Gasteiger charge is -2.30. The Morgan fingerprint density at radius 3 is 1.70 bits per heavy atom. The molecule has 1 saturated heterocycles. The van der Waals surface area contributed by atoms with Crippen LogP contribution in [0.5, 0.6) is 0 Å². The second kappa shape index (κ2) is 14.9. The highest BCUT2D eigenvalue weighted by atomic mass is 16.4. The zero-order chi connectivity index (χ0) is 31.7. The molecule has 3 aromatic carbocycles. The minimum Gasteiger partial charge on any atom is -0.478 e. The van der Waals surface area contributed by atoms with E-state index >= 15 is 0 Å². The van der Waals surface area contributed by atoms with Crippen LogP contribution in [0, 0.1) is 0 Å². The topological polar surface area (TPSA) is 94.9 Å². The number of fused-ring (bicyclic) bond motifs is 2. The van der Waals surface area contributed by atoms with Crippen LogP contribution in [0.15, 0.2) is 90.5 Å². The summed E-state index contributed by atoms with van der Waals surface area (Å²) in [5.41, 5.74) is 11.2. The van der Waals surface area contributed by atoms with Gasteiger partial charge in [0, 0.05) is 37.2 Å². The van der Waals surface area contributed by atoms with Crippen LogP contribution < -0.4 is 0 Å². The molecule has 1 fully saturated rings. The average Bonchev–Trinajstić information content (AvgIpc) is 3.17. The molecule has 2 N–H and O–H groups in total. The number of carbonyl (C=O) groups is 3. The second-order valence-corrected chi connectivity index (χ2v) is 12.5.